The van der Waals surface area contributed by atoms with Gasteiger partial charge < -0.3 is 5.32 Å². The maximum Gasteiger partial charge on any atom is 0.0933 e. The molecule has 0 atom stereocenters. The van der Waals surface area contributed by atoms with E-state index in [1.165, 1.54) is 0 Å². The lowest BCUT2D eigenvalue weighted by molar-refractivity contribution is 1.04. The largest absolute Gasteiger partial charge is 0.383 e. The Bertz CT molecular complexity index is 1260. The lowest BCUT2D eigenvalue weighted by Gasteiger charge is -2.09. The van der Waals surface area contributed by atoms with Crippen molar-refractivity contribution in [2.75, 3.05) is 11.9 Å². The van der Waals surface area contributed by atoms with Gasteiger partial charge in [-0.2, -0.15) is 0 Å². The van der Waals surface area contributed by atoms with E-state index in [2.05, 4.69) is 96.5 Å². The van der Waals surface area contributed by atoms with E-state index in [-0.39, 0.29) is 0 Å². The Morgan fingerprint density at radius 2 is 1.58 bits per heavy atom. The number of nitrogens with one attached hydrogen (secondary N) is 1. The molecule has 4 heteroatoms. The number of halogens is 2. The second-order valence-corrected chi connectivity index (χ2v) is 8.87. The Hall–Kier alpha value is -2.87. The highest BCUT2D eigenvalue weighted by atomic mass is 79.9. The molecule has 152 valence electrons. The number of pyridine rings is 1. The van der Waals surface area contributed by atoms with Crippen molar-refractivity contribution in [1.82, 2.24) is 4.98 Å². The van der Waals surface area contributed by atoms with E-state index in [4.69, 9.17) is 0 Å². The van der Waals surface area contributed by atoms with E-state index in [0.717, 1.165) is 55.2 Å². The summed E-state index contributed by atoms with van der Waals surface area (Å²) in [7, 11) is 0. The van der Waals surface area contributed by atoms with Crippen LogP contribution in [-0.2, 0) is 0 Å². The summed E-state index contributed by atoms with van der Waals surface area (Å²) in [6.45, 7) is 0.771. The van der Waals surface area contributed by atoms with Gasteiger partial charge >= 0.3 is 0 Å². The molecule has 3 aromatic carbocycles. The number of fused-ring (bicyclic) bond motifs is 1. The monoisotopic (exact) mass is 530 g/mol. The normalized spacial score (nSPS) is 11.1. The minimum absolute atomic E-state index is 0.771. The lowest BCUT2D eigenvalue weighted by Crippen LogP contribution is -2.03. The summed E-state index contributed by atoms with van der Waals surface area (Å²) in [4.78, 5) is 4.52. The Kier molecular flexibility index (Phi) is 7.19. The average molecular weight is 532 g/mol. The van der Waals surface area contributed by atoms with Gasteiger partial charge in [0, 0.05) is 38.2 Å². The summed E-state index contributed by atoms with van der Waals surface area (Å²) >= 11 is 6.97. The van der Waals surface area contributed by atoms with Gasteiger partial charge in [-0.15, -0.1) is 0 Å². The maximum absolute atomic E-state index is 4.52. The molecule has 0 unspecified atom stereocenters. The third kappa shape index (κ3) is 6.07. The van der Waals surface area contributed by atoms with Gasteiger partial charge in [0.05, 0.1) is 11.2 Å². The molecule has 31 heavy (non-hydrogen) atoms. The molecule has 1 heterocycles. The molecule has 0 radical (unpaired) electrons. The smallest absolute Gasteiger partial charge is 0.0933 e. The molecule has 1 aromatic heterocycles. The molecule has 0 amide bonds. The van der Waals surface area contributed by atoms with Crippen molar-refractivity contribution in [3.05, 3.63) is 111 Å². The fourth-order valence-corrected chi connectivity index (χ4v) is 3.72. The van der Waals surface area contributed by atoms with E-state index >= 15 is 0 Å². The summed E-state index contributed by atoms with van der Waals surface area (Å²) in [5.41, 5.74) is 5.24. The number of anilines is 1. The SMILES string of the molecule is Brc1ccc(C#C/C(=C/c2ccc(Br)cc2)CCNc2cccc3cccnc23)cc1. The van der Waals surface area contributed by atoms with Gasteiger partial charge in [-0.25, -0.2) is 0 Å². The van der Waals surface area contributed by atoms with E-state index in [0.29, 0.717) is 0 Å². The lowest BCUT2D eigenvalue weighted by atomic mass is 10.1. The van der Waals surface area contributed by atoms with E-state index in [9.17, 15) is 0 Å². The molecule has 4 aromatic rings. The number of para-hydroxylation sites is 1. The van der Waals surface area contributed by atoms with Gasteiger partial charge in [-0.1, -0.05) is 74.0 Å². The van der Waals surface area contributed by atoms with E-state index in [1.807, 2.05) is 48.7 Å². The molecule has 2 nitrogen and oxygen atoms in total. The molecule has 0 fully saturated rings. The Morgan fingerprint density at radius 3 is 2.35 bits per heavy atom. The van der Waals surface area contributed by atoms with Gasteiger partial charge in [-0.05, 0) is 66.6 Å². The average Bonchev–Trinajstić information content (AvgIpc) is 2.80. The second-order valence-electron chi connectivity index (χ2n) is 7.04. The van der Waals surface area contributed by atoms with Crippen LogP contribution in [0.2, 0.25) is 0 Å². The van der Waals surface area contributed by atoms with Crippen LogP contribution in [-0.4, -0.2) is 11.5 Å². The molecule has 0 saturated carbocycles. The third-order valence-corrected chi connectivity index (χ3v) is 5.82. The highest BCUT2D eigenvalue weighted by molar-refractivity contribution is 9.10. The second kappa shape index (κ2) is 10.4. The van der Waals surface area contributed by atoms with Crippen molar-refractivity contribution in [2.24, 2.45) is 0 Å². The molecule has 0 saturated heterocycles. The van der Waals surface area contributed by atoms with Crippen molar-refractivity contribution in [2.45, 2.75) is 6.42 Å². The predicted octanol–water partition coefficient (Wildman–Crippen LogP) is 7.70. The molecule has 0 bridgehead atoms. The van der Waals surface area contributed by atoms with Gasteiger partial charge in [-0.3, -0.25) is 4.98 Å². The summed E-state index contributed by atoms with van der Waals surface area (Å²) in [5, 5.41) is 4.67. The number of rotatable bonds is 5. The molecule has 0 aliphatic heterocycles. The zero-order chi connectivity index (χ0) is 21.5. The molecular weight excluding hydrogens is 512 g/mol. The number of benzene rings is 3. The van der Waals surface area contributed by atoms with Crippen LogP contribution in [0.15, 0.2) is 99.6 Å². The summed E-state index contributed by atoms with van der Waals surface area (Å²) in [6, 6.07) is 26.6. The number of nitrogens with zero attached hydrogens (tertiary/aromatic N) is 1. The van der Waals surface area contributed by atoms with E-state index in [1.54, 1.807) is 0 Å². The Labute approximate surface area is 199 Å². The van der Waals surface area contributed by atoms with Crippen LogP contribution < -0.4 is 5.32 Å². The molecule has 4 rings (SSSR count). The predicted molar refractivity (Wildman–Crippen MR) is 138 cm³/mol. The highest BCUT2D eigenvalue weighted by Gasteiger charge is 2.02. The molecular formula is C27H20Br2N2. The fraction of sp³-hybridized carbons (Fsp3) is 0.0741. The zero-order valence-corrected chi connectivity index (χ0v) is 19.9. The molecule has 1 N–H and O–H groups in total. The van der Waals surface area contributed by atoms with Crippen molar-refractivity contribution in [3.8, 4) is 11.8 Å². The topological polar surface area (TPSA) is 24.9 Å². The van der Waals surface area contributed by atoms with Crippen LogP contribution in [0.5, 0.6) is 0 Å². The number of hydrogen-bond donors (Lipinski definition) is 1. The molecule has 0 aliphatic rings. The van der Waals surface area contributed by atoms with Crippen molar-refractivity contribution in [1.29, 1.82) is 0 Å². The van der Waals surface area contributed by atoms with E-state index < -0.39 is 0 Å². The van der Waals surface area contributed by atoms with Crippen LogP contribution in [0.1, 0.15) is 17.5 Å². The maximum atomic E-state index is 4.52. The van der Waals surface area contributed by atoms with Crippen molar-refractivity contribution < 1.29 is 0 Å². The van der Waals surface area contributed by atoms with Crippen LogP contribution in [0.4, 0.5) is 5.69 Å². The van der Waals surface area contributed by atoms with Gasteiger partial charge in [0.25, 0.3) is 0 Å². The quantitative estimate of drug-likeness (QED) is 0.267. The van der Waals surface area contributed by atoms with Gasteiger partial charge in [0.2, 0.25) is 0 Å². The first-order valence-corrected chi connectivity index (χ1v) is 11.6. The minimum Gasteiger partial charge on any atom is -0.383 e. The van der Waals surface area contributed by atoms with Crippen LogP contribution in [0.25, 0.3) is 17.0 Å². The standard InChI is InChI=1S/C27H20Br2N2/c28-24-12-8-20(9-13-24)6-7-22(19-21-10-14-25(29)15-11-21)16-18-30-26-5-1-3-23-4-2-17-31-27(23)26/h1-5,8-15,17,19,30H,16,18H2/b22-19-. The third-order valence-electron chi connectivity index (χ3n) is 4.77. The summed E-state index contributed by atoms with van der Waals surface area (Å²) in [5.74, 6) is 6.66. The summed E-state index contributed by atoms with van der Waals surface area (Å²) < 4.78 is 2.12. The zero-order valence-electron chi connectivity index (χ0n) is 16.8. The molecule has 0 aliphatic carbocycles. The first-order valence-electron chi connectivity index (χ1n) is 9.99. The molecule has 0 spiro atoms. The first kappa shape index (κ1) is 21.4. The Morgan fingerprint density at radius 1 is 0.871 bits per heavy atom. The van der Waals surface area contributed by atoms with Crippen molar-refractivity contribution >= 4 is 54.5 Å². The van der Waals surface area contributed by atoms with Crippen molar-refractivity contribution in [3.63, 3.8) is 0 Å². The summed E-state index contributed by atoms with van der Waals surface area (Å²) in [6.07, 6.45) is 4.79. The minimum atomic E-state index is 0.771. The highest BCUT2D eigenvalue weighted by Crippen LogP contribution is 2.21. The Balaban J connectivity index is 1.54. The fourth-order valence-electron chi connectivity index (χ4n) is 3.20. The van der Waals surface area contributed by atoms with Crippen LogP contribution in [0, 0.1) is 11.8 Å². The first-order chi connectivity index (χ1) is 15.2. The van der Waals surface area contributed by atoms with Gasteiger partial charge in [0.15, 0.2) is 0 Å². The van der Waals surface area contributed by atoms with Gasteiger partial charge in [0.1, 0.15) is 0 Å². The van der Waals surface area contributed by atoms with Crippen LogP contribution in [0.3, 0.4) is 0 Å². The number of aromatic nitrogens is 1. The van der Waals surface area contributed by atoms with Crippen LogP contribution >= 0.6 is 31.9 Å². The number of hydrogen-bond acceptors (Lipinski definition) is 2.